The van der Waals surface area contributed by atoms with Crippen LogP contribution in [0.5, 0.6) is 0 Å². The highest BCUT2D eigenvalue weighted by atomic mass is 35.5. The van der Waals surface area contributed by atoms with E-state index in [1.807, 2.05) is 13.0 Å². The van der Waals surface area contributed by atoms with E-state index in [2.05, 4.69) is 16.8 Å². The highest BCUT2D eigenvalue weighted by molar-refractivity contribution is 6.30. The molecule has 16 heavy (non-hydrogen) atoms. The van der Waals surface area contributed by atoms with E-state index in [9.17, 15) is 0 Å². The Morgan fingerprint density at radius 3 is 2.88 bits per heavy atom. The number of ether oxygens (including phenoxy) is 1. The van der Waals surface area contributed by atoms with Crippen molar-refractivity contribution in [1.82, 2.24) is 9.88 Å². The Morgan fingerprint density at radius 2 is 2.25 bits per heavy atom. The molecule has 90 valence electrons. The molecule has 1 heterocycles. The summed E-state index contributed by atoms with van der Waals surface area (Å²) in [5, 5.41) is 0.742. The minimum Gasteiger partial charge on any atom is -0.380 e. The summed E-state index contributed by atoms with van der Waals surface area (Å²) in [6.45, 7) is 8.42. The molecule has 1 aromatic heterocycles. The molecule has 0 aliphatic heterocycles. The normalized spacial score (nSPS) is 11.0. The van der Waals surface area contributed by atoms with E-state index in [1.165, 1.54) is 0 Å². The van der Waals surface area contributed by atoms with Gasteiger partial charge in [0, 0.05) is 30.9 Å². The first kappa shape index (κ1) is 13.4. The van der Waals surface area contributed by atoms with Gasteiger partial charge in [-0.2, -0.15) is 0 Å². The van der Waals surface area contributed by atoms with Crippen molar-refractivity contribution in [2.24, 2.45) is 0 Å². The Morgan fingerprint density at radius 1 is 1.44 bits per heavy atom. The van der Waals surface area contributed by atoms with Gasteiger partial charge in [0.15, 0.2) is 0 Å². The van der Waals surface area contributed by atoms with Gasteiger partial charge in [-0.3, -0.25) is 9.88 Å². The van der Waals surface area contributed by atoms with Crippen molar-refractivity contribution in [3.63, 3.8) is 0 Å². The Hall–Kier alpha value is -0.640. The molecule has 0 aliphatic rings. The van der Waals surface area contributed by atoms with E-state index in [0.29, 0.717) is 0 Å². The molecular formula is C12H19ClN2O. The summed E-state index contributed by atoms with van der Waals surface area (Å²) in [4.78, 5) is 6.57. The zero-order chi connectivity index (χ0) is 11.8. The van der Waals surface area contributed by atoms with E-state index < -0.39 is 0 Å². The van der Waals surface area contributed by atoms with Gasteiger partial charge in [-0.25, -0.2) is 0 Å². The van der Waals surface area contributed by atoms with Crippen LogP contribution in [-0.2, 0) is 11.3 Å². The first-order valence-corrected chi connectivity index (χ1v) is 6.04. The lowest BCUT2D eigenvalue weighted by Crippen LogP contribution is -2.27. The maximum Gasteiger partial charge on any atom is 0.0593 e. The topological polar surface area (TPSA) is 25.4 Å². The van der Waals surface area contributed by atoms with Crippen LogP contribution in [0.2, 0.25) is 5.02 Å². The van der Waals surface area contributed by atoms with E-state index >= 15 is 0 Å². The molecule has 0 saturated carbocycles. The molecule has 1 aromatic rings. The quantitative estimate of drug-likeness (QED) is 0.688. The summed E-state index contributed by atoms with van der Waals surface area (Å²) in [5.41, 5.74) is 1.01. The third-order valence-electron chi connectivity index (χ3n) is 2.37. The highest BCUT2D eigenvalue weighted by Gasteiger charge is 2.04. The number of rotatable bonds is 7. The maximum atomic E-state index is 5.92. The number of hydrogen-bond acceptors (Lipinski definition) is 3. The van der Waals surface area contributed by atoms with Gasteiger partial charge >= 0.3 is 0 Å². The second-order valence-corrected chi connectivity index (χ2v) is 3.97. The van der Waals surface area contributed by atoms with Crippen LogP contribution in [-0.4, -0.2) is 36.2 Å². The number of aromatic nitrogens is 1. The molecule has 0 bridgehead atoms. The first-order valence-electron chi connectivity index (χ1n) is 5.66. The minimum atomic E-state index is 0.742. The predicted octanol–water partition coefficient (Wildman–Crippen LogP) is 2.59. The number of likely N-dealkylation sites (N-methyl/N-ethyl adjacent to an activating group) is 1. The summed E-state index contributed by atoms with van der Waals surface area (Å²) in [6.07, 6.45) is 1.74. The molecule has 1 rings (SSSR count). The lowest BCUT2D eigenvalue weighted by atomic mass is 10.3. The van der Waals surface area contributed by atoms with Gasteiger partial charge < -0.3 is 4.74 Å². The van der Waals surface area contributed by atoms with Crippen molar-refractivity contribution in [2.45, 2.75) is 20.4 Å². The molecule has 0 amide bonds. The Kier molecular flexibility index (Phi) is 6.38. The standard InChI is InChI=1S/C12H19ClN2O/c1-3-15(7-8-16-4-2)10-12-9-11(13)5-6-14-12/h5-6,9H,3-4,7-8,10H2,1-2H3. The molecule has 0 N–H and O–H groups in total. The van der Waals surface area contributed by atoms with E-state index in [4.69, 9.17) is 16.3 Å². The smallest absolute Gasteiger partial charge is 0.0593 e. The van der Waals surface area contributed by atoms with Crippen LogP contribution in [0.3, 0.4) is 0 Å². The zero-order valence-electron chi connectivity index (χ0n) is 9.95. The largest absolute Gasteiger partial charge is 0.380 e. The Balaban J connectivity index is 2.43. The van der Waals surface area contributed by atoms with Crippen LogP contribution in [0, 0.1) is 0 Å². The monoisotopic (exact) mass is 242 g/mol. The fourth-order valence-corrected chi connectivity index (χ4v) is 1.63. The van der Waals surface area contributed by atoms with Crippen molar-refractivity contribution < 1.29 is 4.74 Å². The maximum absolute atomic E-state index is 5.92. The van der Waals surface area contributed by atoms with Gasteiger partial charge in [0.05, 0.1) is 12.3 Å². The Labute approximate surface area is 102 Å². The van der Waals surface area contributed by atoms with Crippen molar-refractivity contribution >= 4 is 11.6 Å². The minimum absolute atomic E-state index is 0.742. The second-order valence-electron chi connectivity index (χ2n) is 3.53. The number of nitrogens with zero attached hydrogens (tertiary/aromatic N) is 2. The molecule has 0 aliphatic carbocycles. The van der Waals surface area contributed by atoms with Crippen LogP contribution in [0.15, 0.2) is 18.3 Å². The van der Waals surface area contributed by atoms with Gasteiger partial charge in [-0.05, 0) is 25.6 Å². The van der Waals surface area contributed by atoms with Crippen molar-refractivity contribution in [1.29, 1.82) is 0 Å². The lowest BCUT2D eigenvalue weighted by Gasteiger charge is -2.19. The average Bonchev–Trinajstić information content (AvgIpc) is 2.28. The van der Waals surface area contributed by atoms with Crippen LogP contribution < -0.4 is 0 Å². The van der Waals surface area contributed by atoms with Gasteiger partial charge in [0.2, 0.25) is 0 Å². The highest BCUT2D eigenvalue weighted by Crippen LogP contribution is 2.09. The number of hydrogen-bond donors (Lipinski definition) is 0. The Bertz CT molecular complexity index is 307. The molecule has 0 aromatic carbocycles. The van der Waals surface area contributed by atoms with Crippen molar-refractivity contribution in [3.8, 4) is 0 Å². The average molecular weight is 243 g/mol. The molecule has 0 atom stereocenters. The van der Waals surface area contributed by atoms with Gasteiger partial charge in [-0.15, -0.1) is 0 Å². The summed E-state index contributed by atoms with van der Waals surface area (Å²) in [7, 11) is 0. The third-order valence-corrected chi connectivity index (χ3v) is 2.60. The molecule has 3 nitrogen and oxygen atoms in total. The van der Waals surface area contributed by atoms with Crippen LogP contribution in [0.1, 0.15) is 19.5 Å². The van der Waals surface area contributed by atoms with Gasteiger partial charge in [-0.1, -0.05) is 18.5 Å². The molecule has 0 unspecified atom stereocenters. The zero-order valence-corrected chi connectivity index (χ0v) is 10.7. The number of pyridine rings is 1. The van der Waals surface area contributed by atoms with Crippen molar-refractivity contribution in [2.75, 3.05) is 26.3 Å². The van der Waals surface area contributed by atoms with Crippen LogP contribution in [0.4, 0.5) is 0 Å². The molecule has 0 fully saturated rings. The van der Waals surface area contributed by atoms with E-state index in [0.717, 1.165) is 43.6 Å². The van der Waals surface area contributed by atoms with Crippen molar-refractivity contribution in [3.05, 3.63) is 29.0 Å². The summed E-state index contributed by atoms with van der Waals surface area (Å²) >= 11 is 5.92. The van der Waals surface area contributed by atoms with Gasteiger partial charge in [0.25, 0.3) is 0 Å². The van der Waals surface area contributed by atoms with Gasteiger partial charge in [0.1, 0.15) is 0 Å². The second kappa shape index (κ2) is 7.60. The third kappa shape index (κ3) is 4.92. The van der Waals surface area contributed by atoms with E-state index in [-0.39, 0.29) is 0 Å². The summed E-state index contributed by atoms with van der Waals surface area (Å²) in [5.74, 6) is 0. The van der Waals surface area contributed by atoms with E-state index in [1.54, 1.807) is 12.3 Å². The molecule has 0 saturated heterocycles. The molecular weight excluding hydrogens is 224 g/mol. The lowest BCUT2D eigenvalue weighted by molar-refractivity contribution is 0.112. The van der Waals surface area contributed by atoms with Crippen LogP contribution in [0.25, 0.3) is 0 Å². The van der Waals surface area contributed by atoms with Crippen LogP contribution >= 0.6 is 11.6 Å². The first-order chi connectivity index (χ1) is 7.76. The molecule has 4 heteroatoms. The summed E-state index contributed by atoms with van der Waals surface area (Å²) in [6, 6.07) is 3.70. The molecule has 0 spiro atoms. The fraction of sp³-hybridized carbons (Fsp3) is 0.583. The SMILES string of the molecule is CCOCCN(CC)Cc1cc(Cl)ccn1. The number of halogens is 1. The predicted molar refractivity (Wildman–Crippen MR) is 66.7 cm³/mol. The summed E-state index contributed by atoms with van der Waals surface area (Å²) < 4.78 is 5.34. The fourth-order valence-electron chi connectivity index (χ4n) is 1.45. The molecule has 0 radical (unpaired) electrons.